The third-order valence-electron chi connectivity index (χ3n) is 2.66. The lowest BCUT2D eigenvalue weighted by molar-refractivity contribution is 0.131. The molecule has 7 heteroatoms. The number of hydrogen-bond acceptors (Lipinski definition) is 4. The largest absolute Gasteiger partial charge is 0.449 e. The highest BCUT2D eigenvalue weighted by atomic mass is 35.5. The van der Waals surface area contributed by atoms with Crippen LogP contribution in [0, 0.1) is 0 Å². The van der Waals surface area contributed by atoms with Crippen LogP contribution >= 0.6 is 35.0 Å². The standard InChI is InChI=1S/C13H14Cl2N2O2S/c1-2-19-13(18)17-6-5-16-12(17)20-8-9-3-4-10(14)7-11(9)15/h3-4,7H,2,5-6,8H2,1H3. The molecule has 0 saturated carbocycles. The molecular formula is C13H14Cl2N2O2S. The number of amidine groups is 1. The summed E-state index contributed by atoms with van der Waals surface area (Å²) in [6.07, 6.45) is -0.349. The van der Waals surface area contributed by atoms with Crippen LogP contribution in [0.2, 0.25) is 10.0 Å². The average Bonchev–Trinajstić information content (AvgIpc) is 2.86. The van der Waals surface area contributed by atoms with Crippen LogP contribution in [0.25, 0.3) is 0 Å². The van der Waals surface area contributed by atoms with Crippen molar-refractivity contribution in [3.8, 4) is 0 Å². The van der Waals surface area contributed by atoms with Crippen LogP contribution in [0.5, 0.6) is 0 Å². The average molecular weight is 333 g/mol. The number of amides is 1. The third kappa shape index (κ3) is 3.81. The molecule has 0 N–H and O–H groups in total. The second kappa shape index (κ2) is 7.20. The molecule has 1 aromatic rings. The number of hydrogen-bond donors (Lipinski definition) is 0. The number of ether oxygens (including phenoxy) is 1. The maximum Gasteiger partial charge on any atom is 0.415 e. The van der Waals surface area contributed by atoms with Gasteiger partial charge in [-0.3, -0.25) is 9.89 Å². The highest BCUT2D eigenvalue weighted by Gasteiger charge is 2.25. The summed E-state index contributed by atoms with van der Waals surface area (Å²) in [5.41, 5.74) is 0.958. The second-order valence-electron chi connectivity index (χ2n) is 4.04. The predicted molar refractivity (Wildman–Crippen MR) is 83.8 cm³/mol. The van der Waals surface area contributed by atoms with Crippen LogP contribution in [-0.2, 0) is 10.5 Å². The topological polar surface area (TPSA) is 41.9 Å². The number of carbonyl (C=O) groups excluding carboxylic acids is 1. The number of aliphatic imine (C=N–C) groups is 1. The van der Waals surface area contributed by atoms with E-state index in [4.69, 9.17) is 27.9 Å². The SMILES string of the molecule is CCOC(=O)N1CCN=C1SCc1ccc(Cl)cc1Cl. The summed E-state index contributed by atoms with van der Waals surface area (Å²) in [5, 5.41) is 1.90. The quantitative estimate of drug-likeness (QED) is 0.838. The fourth-order valence-corrected chi connectivity index (χ4v) is 3.30. The van der Waals surface area contributed by atoms with Crippen LogP contribution in [0.4, 0.5) is 4.79 Å². The molecule has 1 aromatic carbocycles. The van der Waals surface area contributed by atoms with E-state index in [1.54, 1.807) is 24.0 Å². The second-order valence-corrected chi connectivity index (χ2v) is 5.83. The molecule has 0 aliphatic carbocycles. The molecule has 1 aliphatic rings. The minimum absolute atomic E-state index is 0.349. The minimum atomic E-state index is -0.349. The van der Waals surface area contributed by atoms with E-state index < -0.39 is 0 Å². The molecule has 0 radical (unpaired) electrons. The zero-order valence-electron chi connectivity index (χ0n) is 10.9. The van der Waals surface area contributed by atoms with Crippen molar-refractivity contribution < 1.29 is 9.53 Å². The first-order valence-corrected chi connectivity index (χ1v) is 7.91. The van der Waals surface area contributed by atoms with Gasteiger partial charge in [-0.05, 0) is 24.6 Å². The van der Waals surface area contributed by atoms with Gasteiger partial charge in [0.25, 0.3) is 0 Å². The third-order valence-corrected chi connectivity index (χ3v) is 4.31. The summed E-state index contributed by atoms with van der Waals surface area (Å²) >= 11 is 13.4. The van der Waals surface area contributed by atoms with Gasteiger partial charge in [-0.25, -0.2) is 4.79 Å². The lowest BCUT2D eigenvalue weighted by atomic mass is 10.2. The number of thioether (sulfide) groups is 1. The molecule has 0 fully saturated rings. The van der Waals surface area contributed by atoms with Gasteiger partial charge in [0.05, 0.1) is 19.7 Å². The Morgan fingerprint density at radius 1 is 1.50 bits per heavy atom. The van der Waals surface area contributed by atoms with Gasteiger partial charge in [0.2, 0.25) is 0 Å². The number of rotatable bonds is 3. The maximum atomic E-state index is 11.7. The van der Waals surface area contributed by atoms with Gasteiger partial charge in [-0.15, -0.1) is 0 Å². The molecule has 0 spiro atoms. The van der Waals surface area contributed by atoms with Crippen LogP contribution < -0.4 is 0 Å². The van der Waals surface area contributed by atoms with E-state index in [0.29, 0.717) is 40.7 Å². The van der Waals surface area contributed by atoms with E-state index >= 15 is 0 Å². The molecule has 0 bridgehead atoms. The van der Waals surface area contributed by atoms with Crippen LogP contribution in [0.15, 0.2) is 23.2 Å². The van der Waals surface area contributed by atoms with Gasteiger partial charge in [-0.1, -0.05) is 41.0 Å². The molecule has 0 unspecified atom stereocenters. The van der Waals surface area contributed by atoms with Crippen molar-refractivity contribution in [2.45, 2.75) is 12.7 Å². The van der Waals surface area contributed by atoms with Gasteiger partial charge in [0, 0.05) is 15.8 Å². The molecule has 2 rings (SSSR count). The molecule has 1 heterocycles. The molecular weight excluding hydrogens is 319 g/mol. The maximum absolute atomic E-state index is 11.7. The smallest absolute Gasteiger partial charge is 0.415 e. The Morgan fingerprint density at radius 2 is 2.30 bits per heavy atom. The fourth-order valence-electron chi connectivity index (χ4n) is 1.70. The number of nitrogens with zero attached hydrogens (tertiary/aromatic N) is 2. The first kappa shape index (κ1) is 15.5. The summed E-state index contributed by atoms with van der Waals surface area (Å²) < 4.78 is 5.00. The van der Waals surface area contributed by atoms with Crippen molar-refractivity contribution in [3.05, 3.63) is 33.8 Å². The zero-order valence-corrected chi connectivity index (χ0v) is 13.3. The Bertz CT molecular complexity index is 537. The molecule has 0 atom stereocenters. The number of benzene rings is 1. The Hall–Kier alpha value is -0.910. The first-order valence-electron chi connectivity index (χ1n) is 6.17. The molecule has 108 valence electrons. The number of halogens is 2. The van der Waals surface area contributed by atoms with Gasteiger partial charge in [0.15, 0.2) is 5.17 Å². The summed E-state index contributed by atoms with van der Waals surface area (Å²) in [6.45, 7) is 3.31. The lowest BCUT2D eigenvalue weighted by Gasteiger charge is -2.17. The molecule has 1 aliphatic heterocycles. The summed E-state index contributed by atoms with van der Waals surface area (Å²) in [7, 11) is 0. The fraction of sp³-hybridized carbons (Fsp3) is 0.385. The van der Waals surface area contributed by atoms with Crippen LogP contribution in [-0.4, -0.2) is 35.9 Å². The van der Waals surface area contributed by atoms with Gasteiger partial charge < -0.3 is 4.74 Å². The highest BCUT2D eigenvalue weighted by Crippen LogP contribution is 2.27. The Labute approximate surface area is 132 Å². The Morgan fingerprint density at radius 3 is 3.00 bits per heavy atom. The minimum Gasteiger partial charge on any atom is -0.449 e. The van der Waals surface area contributed by atoms with Gasteiger partial charge in [-0.2, -0.15) is 0 Å². The predicted octanol–water partition coefficient (Wildman–Crippen LogP) is 4.05. The lowest BCUT2D eigenvalue weighted by Crippen LogP contribution is -2.33. The van der Waals surface area contributed by atoms with Gasteiger partial charge >= 0.3 is 6.09 Å². The van der Waals surface area contributed by atoms with Crippen molar-refractivity contribution in [3.63, 3.8) is 0 Å². The van der Waals surface area contributed by atoms with Crippen molar-refractivity contribution in [1.82, 2.24) is 4.90 Å². The molecule has 0 aromatic heterocycles. The van der Waals surface area contributed by atoms with Crippen molar-refractivity contribution in [2.75, 3.05) is 19.7 Å². The van der Waals surface area contributed by atoms with Gasteiger partial charge in [0.1, 0.15) is 0 Å². The van der Waals surface area contributed by atoms with E-state index in [1.807, 2.05) is 6.07 Å². The zero-order chi connectivity index (χ0) is 14.5. The highest BCUT2D eigenvalue weighted by molar-refractivity contribution is 8.13. The van der Waals surface area contributed by atoms with E-state index in [1.165, 1.54) is 11.8 Å². The normalized spacial score (nSPS) is 14.3. The van der Waals surface area contributed by atoms with E-state index in [9.17, 15) is 4.79 Å². The van der Waals surface area contributed by atoms with E-state index in [2.05, 4.69) is 4.99 Å². The first-order chi connectivity index (χ1) is 9.61. The van der Waals surface area contributed by atoms with Crippen molar-refractivity contribution in [2.24, 2.45) is 4.99 Å². The van der Waals surface area contributed by atoms with E-state index in [-0.39, 0.29) is 6.09 Å². The monoisotopic (exact) mass is 332 g/mol. The van der Waals surface area contributed by atoms with Crippen LogP contribution in [0.1, 0.15) is 12.5 Å². The Kier molecular flexibility index (Phi) is 5.57. The molecule has 1 amide bonds. The number of carbonyl (C=O) groups is 1. The van der Waals surface area contributed by atoms with E-state index in [0.717, 1.165) is 5.56 Å². The van der Waals surface area contributed by atoms with Crippen molar-refractivity contribution >= 4 is 46.2 Å². The molecule has 0 saturated heterocycles. The Balaban J connectivity index is 1.97. The summed E-state index contributed by atoms with van der Waals surface area (Å²) in [4.78, 5) is 17.6. The summed E-state index contributed by atoms with van der Waals surface area (Å²) in [6, 6.07) is 5.38. The molecule has 20 heavy (non-hydrogen) atoms. The van der Waals surface area contributed by atoms with Crippen LogP contribution in [0.3, 0.4) is 0 Å². The summed E-state index contributed by atoms with van der Waals surface area (Å²) in [5.74, 6) is 0.630. The molecule has 4 nitrogen and oxygen atoms in total. The van der Waals surface area contributed by atoms with Crippen molar-refractivity contribution in [1.29, 1.82) is 0 Å².